The van der Waals surface area contributed by atoms with Crippen molar-refractivity contribution in [3.05, 3.63) is 0 Å². The van der Waals surface area contributed by atoms with Gasteiger partial charge in [0.25, 0.3) is 0 Å². The molecule has 0 aliphatic carbocycles. The minimum atomic E-state index is -0.940. The predicted octanol–water partition coefficient (Wildman–Crippen LogP) is -1.83. The number of nitrogens with two attached hydrogens (primary N) is 1. The molecule has 1 fully saturated rings. The number of carbonyl (C=O) groups excluding carboxylic acids is 2. The van der Waals surface area contributed by atoms with Crippen LogP contribution in [0.15, 0.2) is 0 Å². The van der Waals surface area contributed by atoms with Gasteiger partial charge < -0.3 is 26.2 Å². The second-order valence-corrected chi connectivity index (χ2v) is 8.32. The highest BCUT2D eigenvalue weighted by molar-refractivity contribution is 5.78. The molecule has 2 amide bonds. The van der Waals surface area contributed by atoms with Crippen molar-refractivity contribution in [1.29, 1.82) is 0 Å². The Labute approximate surface area is 195 Å². The number of rotatable bonds is 12. The van der Waals surface area contributed by atoms with E-state index in [-0.39, 0.29) is 31.4 Å². The normalized spacial score (nSPS) is 18.2. The Hall–Kier alpha value is -2.28. The quantitative estimate of drug-likeness (QED) is 0.238. The number of carboxylic acids is 2. The van der Waals surface area contributed by atoms with Crippen LogP contribution in [0.1, 0.15) is 26.2 Å². The molecule has 1 heterocycles. The van der Waals surface area contributed by atoms with Gasteiger partial charge in [0.05, 0.1) is 19.6 Å². The number of hydrogen-bond donors (Lipinski definition) is 4. The van der Waals surface area contributed by atoms with Gasteiger partial charge in [-0.15, -0.1) is 0 Å². The third-order valence-electron chi connectivity index (χ3n) is 5.63. The number of nitrogens with zero attached hydrogens (tertiary/aromatic N) is 4. The number of carbonyl (C=O) groups is 4. The van der Waals surface area contributed by atoms with E-state index < -0.39 is 11.9 Å². The molecule has 0 unspecified atom stereocenters. The molecule has 12 heteroatoms. The van der Waals surface area contributed by atoms with Crippen LogP contribution >= 0.6 is 0 Å². The highest BCUT2D eigenvalue weighted by Crippen LogP contribution is 2.01. The summed E-state index contributed by atoms with van der Waals surface area (Å²) < 4.78 is 0. The van der Waals surface area contributed by atoms with Crippen molar-refractivity contribution >= 4 is 23.8 Å². The van der Waals surface area contributed by atoms with Crippen LogP contribution in [0.5, 0.6) is 0 Å². The number of nitrogens with one attached hydrogen (secondary N) is 1. The van der Waals surface area contributed by atoms with E-state index in [0.717, 1.165) is 13.1 Å². The van der Waals surface area contributed by atoms with E-state index in [1.54, 1.807) is 4.90 Å². The van der Waals surface area contributed by atoms with Gasteiger partial charge in [0, 0.05) is 65.3 Å². The number of unbranched alkanes of at least 4 members (excludes halogenated alkanes) is 1. The van der Waals surface area contributed by atoms with Crippen LogP contribution in [0, 0.1) is 0 Å². The molecule has 190 valence electrons. The second-order valence-electron chi connectivity index (χ2n) is 8.32. The van der Waals surface area contributed by atoms with Crippen molar-refractivity contribution in [2.24, 2.45) is 5.73 Å². The fourth-order valence-corrected chi connectivity index (χ4v) is 3.66. The molecule has 0 atom stereocenters. The van der Waals surface area contributed by atoms with Crippen molar-refractivity contribution in [3.8, 4) is 0 Å². The first kappa shape index (κ1) is 28.8. The molecule has 0 radical (unpaired) electrons. The van der Waals surface area contributed by atoms with Crippen LogP contribution in [0.4, 0.5) is 0 Å². The molecule has 0 bridgehead atoms. The van der Waals surface area contributed by atoms with Gasteiger partial charge in [-0.2, -0.15) is 0 Å². The van der Waals surface area contributed by atoms with Gasteiger partial charge in [0.1, 0.15) is 0 Å². The maximum absolute atomic E-state index is 12.4. The first-order chi connectivity index (χ1) is 15.7. The SMILES string of the molecule is CCN1CCN(CC(=O)O)CCN(CC(=O)O)CCN(CC(=O)NCCCCC(N)=O)CC1. The van der Waals surface area contributed by atoms with Gasteiger partial charge in [-0.3, -0.25) is 33.9 Å². The third-order valence-corrected chi connectivity index (χ3v) is 5.63. The molecular weight excluding hydrogens is 432 g/mol. The van der Waals surface area contributed by atoms with Gasteiger partial charge in [-0.1, -0.05) is 6.92 Å². The minimum absolute atomic E-state index is 0.0792. The van der Waals surface area contributed by atoms with Crippen LogP contribution in [0.3, 0.4) is 0 Å². The molecule has 12 nitrogen and oxygen atoms in total. The summed E-state index contributed by atoms with van der Waals surface area (Å²) in [4.78, 5) is 53.6. The number of carboxylic acid groups (broad SMARTS) is 2. The maximum atomic E-state index is 12.4. The van der Waals surface area contributed by atoms with Crippen molar-refractivity contribution in [1.82, 2.24) is 24.9 Å². The van der Waals surface area contributed by atoms with E-state index in [1.165, 1.54) is 0 Å². The fraction of sp³-hybridized carbons (Fsp3) is 0.810. The average Bonchev–Trinajstić information content (AvgIpc) is 2.72. The first-order valence-electron chi connectivity index (χ1n) is 11.6. The number of likely N-dealkylation sites (N-methyl/N-ethyl adjacent to an activating group) is 1. The number of aliphatic carboxylic acids is 2. The molecule has 0 aromatic carbocycles. The second kappa shape index (κ2) is 16.4. The van der Waals surface area contributed by atoms with Crippen molar-refractivity contribution in [3.63, 3.8) is 0 Å². The van der Waals surface area contributed by atoms with Gasteiger partial charge in [0.15, 0.2) is 0 Å². The summed E-state index contributed by atoms with van der Waals surface area (Å²) in [7, 11) is 0. The Morgan fingerprint density at radius 2 is 1.15 bits per heavy atom. The summed E-state index contributed by atoms with van der Waals surface area (Å²) in [5.74, 6) is -2.30. The molecule has 5 N–H and O–H groups in total. The van der Waals surface area contributed by atoms with Crippen LogP contribution in [0.2, 0.25) is 0 Å². The summed E-state index contributed by atoms with van der Waals surface area (Å²) in [5.41, 5.74) is 5.12. The largest absolute Gasteiger partial charge is 0.480 e. The van der Waals surface area contributed by atoms with Crippen LogP contribution in [0.25, 0.3) is 0 Å². The van der Waals surface area contributed by atoms with Crippen LogP contribution in [-0.4, -0.2) is 139 Å². The van der Waals surface area contributed by atoms with Gasteiger partial charge in [-0.05, 0) is 19.4 Å². The molecule has 0 spiro atoms. The molecule has 0 aromatic heterocycles. The Morgan fingerprint density at radius 1 is 0.727 bits per heavy atom. The molecule has 1 rings (SSSR count). The number of hydrogen-bond acceptors (Lipinski definition) is 8. The Kier molecular flexibility index (Phi) is 14.2. The average molecular weight is 473 g/mol. The lowest BCUT2D eigenvalue weighted by Gasteiger charge is -2.33. The number of amides is 2. The van der Waals surface area contributed by atoms with Crippen molar-refractivity contribution in [2.75, 3.05) is 85.1 Å². The van der Waals surface area contributed by atoms with Gasteiger partial charge in [0.2, 0.25) is 11.8 Å². The Bertz CT molecular complexity index is 634. The zero-order chi connectivity index (χ0) is 24.6. The summed E-state index contributed by atoms with van der Waals surface area (Å²) in [6, 6.07) is 0. The minimum Gasteiger partial charge on any atom is -0.480 e. The zero-order valence-electron chi connectivity index (χ0n) is 19.7. The highest BCUT2D eigenvalue weighted by atomic mass is 16.4. The molecule has 1 aliphatic rings. The molecule has 1 saturated heterocycles. The standard InChI is InChI=1S/C21H40N6O6/c1-2-24-7-9-25(15-19(29)23-6-4-3-5-18(22)28)11-12-27(17-21(32)33)14-13-26(10-8-24)16-20(30)31/h2-17H2,1H3,(H2,22,28)(H,23,29)(H,30,31)(H,32,33). The fourth-order valence-electron chi connectivity index (χ4n) is 3.66. The lowest BCUT2D eigenvalue weighted by Crippen LogP contribution is -2.49. The van der Waals surface area contributed by atoms with E-state index >= 15 is 0 Å². The monoisotopic (exact) mass is 472 g/mol. The highest BCUT2D eigenvalue weighted by Gasteiger charge is 2.19. The first-order valence-corrected chi connectivity index (χ1v) is 11.6. The molecule has 1 aliphatic heterocycles. The predicted molar refractivity (Wildman–Crippen MR) is 123 cm³/mol. The van der Waals surface area contributed by atoms with E-state index in [1.807, 2.05) is 16.7 Å². The molecule has 33 heavy (non-hydrogen) atoms. The Morgan fingerprint density at radius 3 is 1.55 bits per heavy atom. The van der Waals surface area contributed by atoms with E-state index in [2.05, 4.69) is 10.2 Å². The maximum Gasteiger partial charge on any atom is 0.317 e. The summed E-state index contributed by atoms with van der Waals surface area (Å²) in [6.07, 6.45) is 1.61. The van der Waals surface area contributed by atoms with E-state index in [4.69, 9.17) is 5.73 Å². The third kappa shape index (κ3) is 14.5. The van der Waals surface area contributed by atoms with Gasteiger partial charge in [-0.25, -0.2) is 0 Å². The lowest BCUT2D eigenvalue weighted by atomic mass is 10.2. The molecule has 0 aromatic rings. The van der Waals surface area contributed by atoms with Crippen molar-refractivity contribution < 1.29 is 29.4 Å². The Balaban J connectivity index is 2.70. The topological polar surface area (TPSA) is 160 Å². The number of primary amides is 1. The summed E-state index contributed by atoms with van der Waals surface area (Å²) in [5, 5.41) is 21.3. The van der Waals surface area contributed by atoms with Crippen LogP contribution < -0.4 is 11.1 Å². The van der Waals surface area contributed by atoms with Gasteiger partial charge >= 0.3 is 11.9 Å². The smallest absolute Gasteiger partial charge is 0.317 e. The van der Waals surface area contributed by atoms with E-state index in [0.29, 0.717) is 71.6 Å². The summed E-state index contributed by atoms with van der Waals surface area (Å²) in [6.45, 7) is 7.85. The zero-order valence-corrected chi connectivity index (χ0v) is 19.7. The molecule has 0 saturated carbocycles. The molecular formula is C21H40N6O6. The summed E-state index contributed by atoms with van der Waals surface area (Å²) >= 11 is 0. The lowest BCUT2D eigenvalue weighted by molar-refractivity contribution is -0.140. The van der Waals surface area contributed by atoms with Crippen LogP contribution in [-0.2, 0) is 19.2 Å². The van der Waals surface area contributed by atoms with E-state index in [9.17, 15) is 29.4 Å². The van der Waals surface area contributed by atoms with Crippen molar-refractivity contribution in [2.45, 2.75) is 26.2 Å².